The van der Waals surface area contributed by atoms with Crippen molar-refractivity contribution in [3.05, 3.63) is 60.2 Å². The van der Waals surface area contributed by atoms with Crippen LogP contribution in [0, 0.1) is 11.3 Å². The molecule has 0 heterocycles. The van der Waals surface area contributed by atoms with Crippen molar-refractivity contribution in [2.24, 2.45) is 5.73 Å². The maximum absolute atomic E-state index is 8.89. The Kier molecular flexibility index (Phi) is 4.75. The fourth-order valence-corrected chi connectivity index (χ4v) is 2.28. The molecule has 0 aliphatic heterocycles. The van der Waals surface area contributed by atoms with Gasteiger partial charge in [0.15, 0.2) is 0 Å². The van der Waals surface area contributed by atoms with E-state index in [4.69, 9.17) is 11.0 Å². The van der Waals surface area contributed by atoms with Crippen LogP contribution >= 0.6 is 0 Å². The van der Waals surface area contributed by atoms with Crippen LogP contribution in [0.3, 0.4) is 0 Å². The number of nitrogens with two attached hydrogens (primary N) is 1. The van der Waals surface area contributed by atoms with Crippen LogP contribution in [0.15, 0.2) is 54.6 Å². The number of para-hydroxylation sites is 2. The van der Waals surface area contributed by atoms with Gasteiger partial charge in [-0.05, 0) is 30.7 Å². The number of rotatable bonds is 5. The summed E-state index contributed by atoms with van der Waals surface area (Å²) < 4.78 is 0. The van der Waals surface area contributed by atoms with E-state index in [2.05, 4.69) is 29.2 Å². The van der Waals surface area contributed by atoms with Gasteiger partial charge in [0.05, 0.1) is 12.5 Å². The third-order valence-corrected chi connectivity index (χ3v) is 3.23. The molecule has 0 fully saturated rings. The van der Waals surface area contributed by atoms with Crippen molar-refractivity contribution in [2.75, 3.05) is 11.4 Å². The summed E-state index contributed by atoms with van der Waals surface area (Å²) in [6.07, 6.45) is 0.474. The van der Waals surface area contributed by atoms with Gasteiger partial charge in [0.2, 0.25) is 0 Å². The van der Waals surface area contributed by atoms with E-state index in [-0.39, 0.29) is 6.04 Å². The van der Waals surface area contributed by atoms with Gasteiger partial charge in [0.1, 0.15) is 0 Å². The van der Waals surface area contributed by atoms with Crippen molar-refractivity contribution in [3.8, 4) is 6.07 Å². The van der Waals surface area contributed by atoms with Gasteiger partial charge in [-0.15, -0.1) is 0 Å². The number of anilines is 2. The van der Waals surface area contributed by atoms with Gasteiger partial charge in [0, 0.05) is 24.0 Å². The molecule has 0 saturated carbocycles. The minimum absolute atomic E-state index is 0.0421. The second-order valence-corrected chi connectivity index (χ2v) is 4.74. The van der Waals surface area contributed by atoms with E-state index in [0.29, 0.717) is 13.0 Å². The Labute approximate surface area is 120 Å². The first-order valence-electron chi connectivity index (χ1n) is 6.78. The number of hydrogen-bond donors (Lipinski definition) is 1. The predicted molar refractivity (Wildman–Crippen MR) is 82.7 cm³/mol. The monoisotopic (exact) mass is 265 g/mol. The van der Waals surface area contributed by atoms with Gasteiger partial charge in [-0.1, -0.05) is 36.4 Å². The Bertz CT molecular complexity index is 585. The predicted octanol–water partition coefficient (Wildman–Crippen LogP) is 3.76. The summed E-state index contributed by atoms with van der Waals surface area (Å²) in [7, 11) is 0. The van der Waals surface area contributed by atoms with Crippen molar-refractivity contribution in [1.29, 1.82) is 5.26 Å². The molecule has 0 unspecified atom stereocenters. The van der Waals surface area contributed by atoms with Crippen LogP contribution in [0.5, 0.6) is 0 Å². The van der Waals surface area contributed by atoms with Crippen molar-refractivity contribution in [2.45, 2.75) is 19.4 Å². The van der Waals surface area contributed by atoms with E-state index < -0.39 is 0 Å². The molecule has 0 aliphatic carbocycles. The Morgan fingerprint density at radius 2 is 1.75 bits per heavy atom. The Morgan fingerprint density at radius 3 is 2.40 bits per heavy atom. The molecule has 3 heteroatoms. The van der Waals surface area contributed by atoms with Crippen LogP contribution in [0.25, 0.3) is 0 Å². The van der Waals surface area contributed by atoms with Crippen molar-refractivity contribution in [1.82, 2.24) is 0 Å². The lowest BCUT2D eigenvalue weighted by atomic mass is 10.0. The van der Waals surface area contributed by atoms with E-state index in [1.165, 1.54) is 0 Å². The molecule has 2 rings (SSSR count). The highest BCUT2D eigenvalue weighted by Crippen LogP contribution is 2.31. The van der Waals surface area contributed by atoms with E-state index in [1.807, 2.05) is 43.3 Å². The van der Waals surface area contributed by atoms with Gasteiger partial charge in [-0.2, -0.15) is 5.26 Å². The largest absolute Gasteiger partial charge is 0.340 e. The van der Waals surface area contributed by atoms with Crippen LogP contribution < -0.4 is 10.6 Å². The van der Waals surface area contributed by atoms with Crippen LogP contribution in [-0.4, -0.2) is 6.54 Å². The zero-order chi connectivity index (χ0) is 14.4. The molecule has 0 saturated heterocycles. The summed E-state index contributed by atoms with van der Waals surface area (Å²) in [6.45, 7) is 2.64. The van der Waals surface area contributed by atoms with E-state index in [0.717, 1.165) is 16.9 Å². The maximum Gasteiger partial charge on any atom is 0.0640 e. The fraction of sp³-hybridized carbons (Fsp3) is 0.235. The zero-order valence-corrected chi connectivity index (χ0v) is 11.7. The Hall–Kier alpha value is -2.31. The van der Waals surface area contributed by atoms with Gasteiger partial charge >= 0.3 is 0 Å². The smallest absolute Gasteiger partial charge is 0.0640 e. The Balaban J connectivity index is 2.45. The molecule has 0 spiro atoms. The van der Waals surface area contributed by atoms with Gasteiger partial charge in [0.25, 0.3) is 0 Å². The summed E-state index contributed by atoms with van der Waals surface area (Å²) in [6, 6.07) is 20.4. The van der Waals surface area contributed by atoms with Crippen LogP contribution in [0.4, 0.5) is 11.4 Å². The molecular weight excluding hydrogens is 246 g/mol. The van der Waals surface area contributed by atoms with E-state index in [9.17, 15) is 0 Å². The third-order valence-electron chi connectivity index (χ3n) is 3.23. The zero-order valence-electron chi connectivity index (χ0n) is 11.7. The minimum Gasteiger partial charge on any atom is -0.340 e. The summed E-state index contributed by atoms with van der Waals surface area (Å²) in [5.41, 5.74) is 9.31. The number of nitrogens with zero attached hydrogens (tertiary/aromatic N) is 2. The lowest BCUT2D eigenvalue weighted by Gasteiger charge is -2.27. The molecule has 2 aromatic carbocycles. The highest BCUT2D eigenvalue weighted by atomic mass is 15.1. The molecule has 0 amide bonds. The highest BCUT2D eigenvalue weighted by Gasteiger charge is 2.14. The third kappa shape index (κ3) is 3.17. The first kappa shape index (κ1) is 14.1. The molecular formula is C17H19N3. The summed E-state index contributed by atoms with van der Waals surface area (Å²) in [5.74, 6) is 0. The van der Waals surface area contributed by atoms with Crippen LogP contribution in [-0.2, 0) is 0 Å². The van der Waals surface area contributed by atoms with Crippen LogP contribution in [0.1, 0.15) is 24.9 Å². The lowest BCUT2D eigenvalue weighted by molar-refractivity contribution is 0.808. The average molecular weight is 265 g/mol. The number of hydrogen-bond acceptors (Lipinski definition) is 3. The van der Waals surface area contributed by atoms with E-state index in [1.54, 1.807) is 0 Å². The van der Waals surface area contributed by atoms with E-state index >= 15 is 0 Å². The minimum atomic E-state index is -0.0421. The number of nitriles is 1. The first-order chi connectivity index (χ1) is 9.74. The van der Waals surface area contributed by atoms with Crippen LogP contribution in [0.2, 0.25) is 0 Å². The maximum atomic E-state index is 8.89. The molecule has 2 aromatic rings. The molecule has 3 nitrogen and oxygen atoms in total. The molecule has 1 atom stereocenters. The fourth-order valence-electron chi connectivity index (χ4n) is 2.28. The molecule has 0 aromatic heterocycles. The second-order valence-electron chi connectivity index (χ2n) is 4.74. The summed E-state index contributed by atoms with van der Waals surface area (Å²) in [5, 5.41) is 8.89. The molecule has 0 bridgehead atoms. The normalized spacial score (nSPS) is 11.7. The highest BCUT2D eigenvalue weighted by molar-refractivity contribution is 5.67. The quantitative estimate of drug-likeness (QED) is 0.895. The number of benzene rings is 2. The molecule has 102 valence electrons. The topological polar surface area (TPSA) is 53.0 Å². The van der Waals surface area contributed by atoms with Crippen molar-refractivity contribution < 1.29 is 0 Å². The average Bonchev–Trinajstić information content (AvgIpc) is 2.49. The van der Waals surface area contributed by atoms with Gasteiger partial charge in [-0.3, -0.25) is 0 Å². The lowest BCUT2D eigenvalue weighted by Crippen LogP contribution is -2.21. The van der Waals surface area contributed by atoms with Gasteiger partial charge < -0.3 is 10.6 Å². The molecule has 0 radical (unpaired) electrons. The summed E-state index contributed by atoms with van der Waals surface area (Å²) >= 11 is 0. The molecule has 20 heavy (non-hydrogen) atoms. The molecule has 2 N–H and O–H groups in total. The van der Waals surface area contributed by atoms with Gasteiger partial charge in [-0.25, -0.2) is 0 Å². The second kappa shape index (κ2) is 6.74. The van der Waals surface area contributed by atoms with Crippen molar-refractivity contribution in [3.63, 3.8) is 0 Å². The molecule has 0 aliphatic rings. The Morgan fingerprint density at radius 1 is 1.10 bits per heavy atom. The van der Waals surface area contributed by atoms with Crippen molar-refractivity contribution >= 4 is 11.4 Å². The standard InChI is InChI=1S/C17H19N3/c1-14(19)16-10-5-6-11-17(16)20(13-7-12-18)15-8-3-2-4-9-15/h2-6,8-11,14H,7,13,19H2,1H3/t14-/m1/s1. The summed E-state index contributed by atoms with van der Waals surface area (Å²) in [4.78, 5) is 2.15. The first-order valence-corrected chi connectivity index (χ1v) is 6.78. The SMILES string of the molecule is C[C@@H](N)c1ccccc1N(CCC#N)c1ccccc1.